The van der Waals surface area contributed by atoms with Gasteiger partial charge in [-0.25, -0.2) is 0 Å². The van der Waals surface area contributed by atoms with Gasteiger partial charge in [-0.1, -0.05) is 53.5 Å². The van der Waals surface area contributed by atoms with Gasteiger partial charge in [0.15, 0.2) is 0 Å². The molecule has 0 unspecified atom stereocenters. The molecule has 11 heteroatoms. The lowest BCUT2D eigenvalue weighted by molar-refractivity contribution is -0.184. The lowest BCUT2D eigenvalue weighted by Gasteiger charge is -2.29. The van der Waals surface area contributed by atoms with E-state index in [4.69, 9.17) is 27.9 Å². The minimum absolute atomic E-state index is 0.0828. The van der Waals surface area contributed by atoms with E-state index in [1.54, 1.807) is 36.4 Å². The first-order valence-corrected chi connectivity index (χ1v) is 11.7. The van der Waals surface area contributed by atoms with Crippen LogP contribution < -0.4 is 4.74 Å². The van der Waals surface area contributed by atoms with Crippen molar-refractivity contribution in [2.24, 2.45) is 0 Å². The predicted octanol–water partition coefficient (Wildman–Crippen LogP) is 5.90. The lowest BCUT2D eigenvalue weighted by atomic mass is 9.96. The molecular weight excluding hydrogens is 530 g/mol. The van der Waals surface area contributed by atoms with E-state index in [9.17, 15) is 28.0 Å². The normalized spacial score (nSPS) is 12.1. The number of nitriles is 1. The summed E-state index contributed by atoms with van der Waals surface area (Å²) in [7, 11) is 3.86. The quantitative estimate of drug-likeness (QED) is 0.366. The Morgan fingerprint density at radius 1 is 1.03 bits per heavy atom. The molecule has 3 rings (SSSR count). The van der Waals surface area contributed by atoms with E-state index in [1.165, 1.54) is 31.2 Å². The van der Waals surface area contributed by atoms with Crippen molar-refractivity contribution in [2.75, 3.05) is 34.3 Å². The largest absolute Gasteiger partial charge is 0.495 e. The van der Waals surface area contributed by atoms with E-state index in [2.05, 4.69) is 0 Å². The van der Waals surface area contributed by atoms with Crippen LogP contribution in [0.15, 0.2) is 48.5 Å². The second-order valence-electron chi connectivity index (χ2n) is 8.40. The predicted molar refractivity (Wildman–Crippen MR) is 135 cm³/mol. The number of halogens is 5. The van der Waals surface area contributed by atoms with Crippen LogP contribution in [-0.4, -0.2) is 62.1 Å². The van der Waals surface area contributed by atoms with Gasteiger partial charge in [0.25, 0.3) is 5.91 Å². The molecule has 0 aliphatic carbocycles. The van der Waals surface area contributed by atoms with Crippen molar-refractivity contribution in [1.29, 1.82) is 5.26 Å². The first-order chi connectivity index (χ1) is 17.4. The van der Waals surface area contributed by atoms with Crippen LogP contribution in [0, 0.1) is 11.3 Å². The van der Waals surface area contributed by atoms with Crippen molar-refractivity contribution in [1.82, 2.24) is 9.80 Å². The molecule has 3 aromatic carbocycles. The Morgan fingerprint density at radius 3 is 2.27 bits per heavy atom. The molecule has 0 aliphatic rings. The number of amides is 2. The second-order valence-corrected chi connectivity index (χ2v) is 9.22. The summed E-state index contributed by atoms with van der Waals surface area (Å²) in [5.41, 5.74) is 0.792. The van der Waals surface area contributed by atoms with Crippen molar-refractivity contribution in [2.45, 2.75) is 12.1 Å². The number of carbonyl (C=O) groups excluding carboxylic acids is 2. The molecule has 2 amide bonds. The topological polar surface area (TPSA) is 73.6 Å². The zero-order valence-electron chi connectivity index (χ0n) is 20.1. The molecule has 0 fully saturated rings. The molecule has 37 heavy (non-hydrogen) atoms. The van der Waals surface area contributed by atoms with Crippen LogP contribution in [0.2, 0.25) is 10.0 Å². The number of ether oxygens (including phenoxy) is 1. The molecule has 1 atom stereocenters. The van der Waals surface area contributed by atoms with E-state index in [1.807, 2.05) is 6.07 Å². The molecule has 0 N–H and O–H groups in total. The van der Waals surface area contributed by atoms with E-state index in [0.29, 0.717) is 21.2 Å². The van der Waals surface area contributed by atoms with Crippen molar-refractivity contribution in [3.8, 4) is 11.8 Å². The fourth-order valence-electron chi connectivity index (χ4n) is 4.11. The zero-order chi connectivity index (χ0) is 27.5. The average molecular weight is 552 g/mol. The number of benzene rings is 3. The van der Waals surface area contributed by atoms with E-state index in [-0.39, 0.29) is 40.0 Å². The molecule has 0 heterocycles. The smallest absolute Gasteiger partial charge is 0.471 e. The van der Waals surface area contributed by atoms with E-state index in [0.717, 1.165) is 7.05 Å². The Bertz CT molecular complexity index is 1390. The van der Waals surface area contributed by atoms with Gasteiger partial charge in [-0.3, -0.25) is 9.59 Å². The summed E-state index contributed by atoms with van der Waals surface area (Å²) in [5.74, 6) is -3.19. The molecule has 194 valence electrons. The summed E-state index contributed by atoms with van der Waals surface area (Å²) in [6, 6.07) is 15.2. The van der Waals surface area contributed by atoms with Crippen molar-refractivity contribution >= 4 is 45.8 Å². The first kappa shape index (κ1) is 28.1. The highest BCUT2D eigenvalue weighted by Crippen LogP contribution is 2.34. The standard InChI is InChI=1S/C26H22Cl2F3N3O3/c1-33(24(35)22-19-7-5-4-6-16(19)10-17(12-32)23(22)37-3)13-18(14-34(2)25(36)26(29,30)31)15-8-9-20(27)21(28)11-15/h4-11,18H,13-14H2,1-3H3/t18-/m0/s1. The fourth-order valence-corrected chi connectivity index (χ4v) is 4.41. The van der Waals surface area contributed by atoms with Gasteiger partial charge < -0.3 is 14.5 Å². The molecule has 0 saturated carbocycles. The number of hydrogen-bond acceptors (Lipinski definition) is 4. The van der Waals surface area contributed by atoms with Crippen LogP contribution in [0.4, 0.5) is 13.2 Å². The molecule has 0 saturated heterocycles. The summed E-state index contributed by atoms with van der Waals surface area (Å²) < 4.78 is 44.6. The number of methoxy groups -OCH3 is 1. The highest BCUT2D eigenvalue weighted by molar-refractivity contribution is 6.42. The summed E-state index contributed by atoms with van der Waals surface area (Å²) >= 11 is 12.1. The molecule has 0 radical (unpaired) electrons. The van der Waals surface area contributed by atoms with Crippen LogP contribution in [0.5, 0.6) is 5.75 Å². The molecule has 0 bridgehead atoms. The summed E-state index contributed by atoms with van der Waals surface area (Å²) in [6.07, 6.45) is -5.05. The highest BCUT2D eigenvalue weighted by atomic mass is 35.5. The lowest BCUT2D eigenvalue weighted by Crippen LogP contribution is -2.42. The van der Waals surface area contributed by atoms with Crippen molar-refractivity contribution in [3.63, 3.8) is 0 Å². The maximum atomic E-state index is 13.7. The van der Waals surface area contributed by atoms with E-state index < -0.39 is 23.9 Å². The van der Waals surface area contributed by atoms with Gasteiger partial charge in [0, 0.05) is 33.1 Å². The van der Waals surface area contributed by atoms with Gasteiger partial charge in [-0.05, 0) is 34.5 Å². The number of nitrogens with zero attached hydrogens (tertiary/aromatic N) is 3. The third kappa shape index (κ3) is 6.09. The maximum absolute atomic E-state index is 13.7. The highest BCUT2D eigenvalue weighted by Gasteiger charge is 2.42. The summed E-state index contributed by atoms with van der Waals surface area (Å²) in [5, 5.41) is 11.2. The molecule has 6 nitrogen and oxygen atoms in total. The Morgan fingerprint density at radius 2 is 1.68 bits per heavy atom. The minimum Gasteiger partial charge on any atom is -0.495 e. The Kier molecular flexibility index (Phi) is 8.57. The fraction of sp³-hybridized carbons (Fsp3) is 0.269. The van der Waals surface area contributed by atoms with Crippen LogP contribution in [0.3, 0.4) is 0 Å². The number of likely N-dealkylation sites (N-methyl/N-ethyl adjacent to an activating group) is 2. The first-order valence-electron chi connectivity index (χ1n) is 10.9. The minimum atomic E-state index is -5.05. The Balaban J connectivity index is 2.03. The molecule has 0 aromatic heterocycles. The Hall–Kier alpha value is -3.48. The monoisotopic (exact) mass is 551 g/mol. The Labute approximate surface area is 221 Å². The maximum Gasteiger partial charge on any atom is 0.471 e. The van der Waals surface area contributed by atoms with Gasteiger partial charge in [0.2, 0.25) is 0 Å². The third-order valence-electron chi connectivity index (χ3n) is 5.88. The molecule has 3 aromatic rings. The van der Waals surface area contributed by atoms with Crippen LogP contribution in [0.25, 0.3) is 10.8 Å². The van der Waals surface area contributed by atoms with Crippen molar-refractivity contribution < 1.29 is 27.5 Å². The van der Waals surface area contributed by atoms with Crippen molar-refractivity contribution in [3.05, 3.63) is 75.3 Å². The number of carbonyl (C=O) groups is 2. The third-order valence-corrected chi connectivity index (χ3v) is 6.62. The number of rotatable bonds is 7. The summed E-state index contributed by atoms with van der Waals surface area (Å²) in [4.78, 5) is 27.4. The van der Waals surface area contributed by atoms with E-state index >= 15 is 0 Å². The molecular formula is C26H22Cl2F3N3O3. The molecule has 0 aliphatic heterocycles. The average Bonchev–Trinajstić information content (AvgIpc) is 2.86. The summed E-state index contributed by atoms with van der Waals surface area (Å²) in [6.45, 7) is -0.440. The second kappa shape index (κ2) is 11.3. The van der Waals surface area contributed by atoms with Gasteiger partial charge in [0.1, 0.15) is 11.8 Å². The van der Waals surface area contributed by atoms with Gasteiger partial charge in [-0.15, -0.1) is 0 Å². The number of fused-ring (bicyclic) bond motifs is 1. The van der Waals surface area contributed by atoms with Gasteiger partial charge in [-0.2, -0.15) is 18.4 Å². The zero-order valence-corrected chi connectivity index (χ0v) is 21.6. The van der Waals surface area contributed by atoms with Crippen LogP contribution in [-0.2, 0) is 4.79 Å². The molecule has 0 spiro atoms. The number of hydrogen-bond donors (Lipinski definition) is 0. The van der Waals surface area contributed by atoms with Gasteiger partial charge in [0.05, 0.1) is 28.3 Å². The van der Waals surface area contributed by atoms with Crippen LogP contribution >= 0.6 is 23.2 Å². The number of alkyl halides is 3. The van der Waals surface area contributed by atoms with Gasteiger partial charge >= 0.3 is 12.1 Å². The van der Waals surface area contributed by atoms with Crippen LogP contribution in [0.1, 0.15) is 27.4 Å². The SMILES string of the molecule is COc1c(C#N)cc2ccccc2c1C(=O)N(C)C[C@@H](CN(C)C(=O)C(F)(F)F)c1ccc(Cl)c(Cl)c1.